The normalized spacial score (nSPS) is 13.2. The van der Waals surface area contributed by atoms with Crippen LogP contribution in [-0.4, -0.2) is 28.1 Å². The van der Waals surface area contributed by atoms with Crippen LogP contribution >= 0.6 is 0 Å². The highest BCUT2D eigenvalue weighted by atomic mass is 19.1. The monoisotopic (exact) mass is 621 g/mol. The number of rotatable bonds is 8. The third kappa shape index (κ3) is 6.51. The lowest BCUT2D eigenvalue weighted by molar-refractivity contribution is -0.115. The number of nitriles is 1. The fraction of sp³-hybridized carbons (Fsp3) is 0.128. The lowest BCUT2D eigenvalue weighted by Crippen LogP contribution is -2.50. The molecule has 0 spiro atoms. The van der Waals surface area contributed by atoms with Gasteiger partial charge in [-0.2, -0.15) is 5.26 Å². The molecule has 8 heteroatoms. The van der Waals surface area contributed by atoms with Crippen molar-refractivity contribution in [3.8, 4) is 17.2 Å². The number of fused-ring (bicyclic) bond motifs is 1. The molecule has 1 aliphatic rings. The molecule has 2 amide bonds. The van der Waals surface area contributed by atoms with Gasteiger partial charge in [0.1, 0.15) is 5.82 Å². The van der Waals surface area contributed by atoms with E-state index in [0.29, 0.717) is 41.8 Å². The molecule has 0 bridgehead atoms. The van der Waals surface area contributed by atoms with Crippen LogP contribution < -0.4 is 5.32 Å². The van der Waals surface area contributed by atoms with Gasteiger partial charge in [-0.25, -0.2) is 4.39 Å². The van der Waals surface area contributed by atoms with E-state index < -0.39 is 11.4 Å². The van der Waals surface area contributed by atoms with Crippen molar-refractivity contribution in [2.45, 2.75) is 32.1 Å². The van der Waals surface area contributed by atoms with E-state index in [1.54, 1.807) is 47.4 Å². The first-order valence-corrected chi connectivity index (χ1v) is 15.2. The number of halogens is 1. The average Bonchev–Trinajstić information content (AvgIpc) is 3.55. The smallest absolute Gasteiger partial charge is 0.254 e. The molecular weight excluding hydrogens is 589 g/mol. The van der Waals surface area contributed by atoms with Crippen molar-refractivity contribution >= 4 is 18.3 Å². The number of guanidine groups is 1. The summed E-state index contributed by atoms with van der Waals surface area (Å²) < 4.78 is 14.0. The Morgan fingerprint density at radius 1 is 0.894 bits per heavy atom. The summed E-state index contributed by atoms with van der Waals surface area (Å²) in [5.74, 6) is -0.664. The van der Waals surface area contributed by atoms with Crippen LogP contribution in [0.15, 0.2) is 121 Å². The van der Waals surface area contributed by atoms with Gasteiger partial charge in [-0.05, 0) is 88.3 Å². The molecule has 2 N–H and O–H groups in total. The van der Waals surface area contributed by atoms with Crippen LogP contribution in [0.4, 0.5) is 4.39 Å². The van der Waals surface area contributed by atoms with Gasteiger partial charge in [0.05, 0.1) is 23.7 Å². The lowest BCUT2D eigenvalue weighted by atomic mass is 9.83. The van der Waals surface area contributed by atoms with Gasteiger partial charge in [0.2, 0.25) is 6.41 Å². The Bertz CT molecular complexity index is 1990. The number of carbonyl (C=O) groups excluding carboxylic acids is 2. The van der Waals surface area contributed by atoms with Crippen LogP contribution in [-0.2, 0) is 30.0 Å². The summed E-state index contributed by atoms with van der Waals surface area (Å²) in [6.07, 6.45) is 0.579. The average molecular weight is 622 g/mol. The zero-order valence-electron chi connectivity index (χ0n) is 25.8. The molecule has 5 aromatic rings. The maximum absolute atomic E-state index is 14.0. The van der Waals surface area contributed by atoms with Crippen molar-refractivity contribution in [2.24, 2.45) is 0 Å². The Morgan fingerprint density at radius 3 is 2.23 bits per heavy atom. The molecule has 1 atom stereocenters. The highest BCUT2D eigenvalue weighted by Gasteiger charge is 2.32. The van der Waals surface area contributed by atoms with Gasteiger partial charge in [0.15, 0.2) is 5.96 Å². The summed E-state index contributed by atoms with van der Waals surface area (Å²) in [6.45, 7) is 3.01. The predicted molar refractivity (Wildman–Crippen MR) is 178 cm³/mol. The van der Waals surface area contributed by atoms with Gasteiger partial charge in [-0.15, -0.1) is 0 Å². The predicted octanol–water partition coefficient (Wildman–Crippen LogP) is 6.97. The zero-order valence-corrected chi connectivity index (χ0v) is 25.8. The standard InChI is InChI=1S/C39H32FN5O2/c1-39(34-15-17-36(40)18-16-34,35-14-6-12-30(21-35)29-11-4-7-27(19-29)22-41)43-38(42)45(26-46)23-28-8-5-13-31(20-28)37(47)44-24-32-9-2-3-10-33(32)25-44/h2-21,26H,23-25H2,1H3,(H2,42,43). The van der Waals surface area contributed by atoms with E-state index in [1.807, 2.05) is 73.7 Å². The molecule has 0 aliphatic carbocycles. The second-order valence-corrected chi connectivity index (χ2v) is 11.7. The van der Waals surface area contributed by atoms with E-state index in [-0.39, 0.29) is 18.4 Å². The summed E-state index contributed by atoms with van der Waals surface area (Å²) in [5.41, 5.74) is 6.09. The van der Waals surface area contributed by atoms with Crippen LogP contribution in [0, 0.1) is 22.6 Å². The SMILES string of the molecule is CC(NC(=N)N(C=O)Cc1cccc(C(=O)N2Cc3ccccc3C2)c1)(c1ccc(F)cc1)c1cccc(-c2cccc(C#N)c2)c1. The molecular formula is C39H32FN5O2. The Hall–Kier alpha value is -6.07. The van der Waals surface area contributed by atoms with Crippen LogP contribution in [0.5, 0.6) is 0 Å². The minimum absolute atomic E-state index is 0.0527. The first-order valence-electron chi connectivity index (χ1n) is 15.2. The fourth-order valence-corrected chi connectivity index (χ4v) is 6.01. The van der Waals surface area contributed by atoms with E-state index in [9.17, 15) is 19.2 Å². The van der Waals surface area contributed by atoms with Gasteiger partial charge in [0.25, 0.3) is 5.91 Å². The highest BCUT2D eigenvalue weighted by molar-refractivity contribution is 5.95. The molecule has 1 heterocycles. The second-order valence-electron chi connectivity index (χ2n) is 11.7. The van der Waals surface area contributed by atoms with Crippen molar-refractivity contribution in [3.63, 3.8) is 0 Å². The van der Waals surface area contributed by atoms with Gasteiger partial charge in [0, 0.05) is 18.7 Å². The summed E-state index contributed by atoms with van der Waals surface area (Å²) in [6, 6.07) is 38.3. The molecule has 0 saturated heterocycles. The quantitative estimate of drug-likeness (QED) is 0.111. The fourth-order valence-electron chi connectivity index (χ4n) is 6.01. The van der Waals surface area contributed by atoms with Crippen LogP contribution in [0.3, 0.4) is 0 Å². The van der Waals surface area contributed by atoms with Crippen molar-refractivity contribution in [1.29, 1.82) is 10.7 Å². The van der Waals surface area contributed by atoms with Crippen molar-refractivity contribution in [1.82, 2.24) is 15.1 Å². The van der Waals surface area contributed by atoms with Crippen molar-refractivity contribution < 1.29 is 14.0 Å². The topological polar surface area (TPSA) is 100 Å². The Morgan fingerprint density at radius 2 is 1.55 bits per heavy atom. The number of nitrogens with one attached hydrogen (secondary N) is 2. The zero-order chi connectivity index (χ0) is 33.0. The Labute approximate surface area is 273 Å². The number of hydrogen-bond donors (Lipinski definition) is 2. The molecule has 47 heavy (non-hydrogen) atoms. The number of carbonyl (C=O) groups is 2. The molecule has 0 fully saturated rings. The highest BCUT2D eigenvalue weighted by Crippen LogP contribution is 2.33. The summed E-state index contributed by atoms with van der Waals surface area (Å²) >= 11 is 0. The maximum Gasteiger partial charge on any atom is 0.254 e. The molecule has 5 aromatic carbocycles. The third-order valence-corrected chi connectivity index (χ3v) is 8.62. The molecule has 6 rings (SSSR count). The van der Waals surface area contributed by atoms with Gasteiger partial charge in [-0.3, -0.25) is 19.9 Å². The first kappa shape index (κ1) is 30.9. The minimum atomic E-state index is -1.06. The lowest BCUT2D eigenvalue weighted by Gasteiger charge is -2.35. The molecule has 0 aromatic heterocycles. The Balaban J connectivity index is 1.26. The number of benzene rings is 5. The van der Waals surface area contributed by atoms with Gasteiger partial charge >= 0.3 is 0 Å². The van der Waals surface area contributed by atoms with Gasteiger partial charge < -0.3 is 10.2 Å². The summed E-state index contributed by atoms with van der Waals surface area (Å²) in [7, 11) is 0. The van der Waals surface area contributed by atoms with Crippen molar-refractivity contribution in [3.05, 3.63) is 166 Å². The van der Waals surface area contributed by atoms with E-state index in [4.69, 9.17) is 5.41 Å². The van der Waals surface area contributed by atoms with E-state index in [1.165, 1.54) is 17.0 Å². The van der Waals surface area contributed by atoms with Gasteiger partial charge in [-0.1, -0.05) is 78.9 Å². The molecule has 7 nitrogen and oxygen atoms in total. The number of amides is 2. The number of nitrogens with zero attached hydrogens (tertiary/aromatic N) is 3. The van der Waals surface area contributed by atoms with Crippen molar-refractivity contribution in [2.75, 3.05) is 0 Å². The van der Waals surface area contributed by atoms with Crippen LogP contribution in [0.1, 0.15) is 50.7 Å². The second kappa shape index (κ2) is 13.1. The largest absolute Gasteiger partial charge is 0.343 e. The summed E-state index contributed by atoms with van der Waals surface area (Å²) in [5, 5.41) is 21.7. The van der Waals surface area contributed by atoms with Crippen LogP contribution in [0.2, 0.25) is 0 Å². The number of hydrogen-bond acceptors (Lipinski definition) is 4. The van der Waals surface area contributed by atoms with Crippen LogP contribution in [0.25, 0.3) is 11.1 Å². The minimum Gasteiger partial charge on any atom is -0.343 e. The van der Waals surface area contributed by atoms with E-state index >= 15 is 0 Å². The molecule has 232 valence electrons. The summed E-state index contributed by atoms with van der Waals surface area (Å²) in [4.78, 5) is 28.8. The Kier molecular flexibility index (Phi) is 8.63. The molecule has 1 aliphatic heterocycles. The third-order valence-electron chi connectivity index (χ3n) is 8.62. The van der Waals surface area contributed by atoms with E-state index in [2.05, 4.69) is 11.4 Å². The van der Waals surface area contributed by atoms with E-state index in [0.717, 1.165) is 27.8 Å². The molecule has 1 unspecified atom stereocenters. The molecule has 0 saturated carbocycles. The first-order chi connectivity index (χ1) is 22.8. The molecule has 0 radical (unpaired) electrons. The maximum atomic E-state index is 14.0.